The number of aromatic nitrogens is 5. The van der Waals surface area contributed by atoms with Crippen molar-refractivity contribution in [2.45, 2.75) is 25.3 Å². The SMILES string of the molecule is Nc1nnn(Cc2cnccn2)c1C1CC1. The van der Waals surface area contributed by atoms with Crippen molar-refractivity contribution in [3.63, 3.8) is 0 Å². The molecule has 0 amide bonds. The molecule has 6 nitrogen and oxygen atoms in total. The molecule has 2 heterocycles. The van der Waals surface area contributed by atoms with Gasteiger partial charge in [-0.2, -0.15) is 0 Å². The highest BCUT2D eigenvalue weighted by atomic mass is 15.4. The summed E-state index contributed by atoms with van der Waals surface area (Å²) in [4.78, 5) is 8.23. The zero-order chi connectivity index (χ0) is 11.0. The lowest BCUT2D eigenvalue weighted by molar-refractivity contribution is 0.608. The highest BCUT2D eigenvalue weighted by molar-refractivity contribution is 5.38. The van der Waals surface area contributed by atoms with E-state index in [1.54, 1.807) is 18.6 Å². The first-order valence-corrected chi connectivity index (χ1v) is 5.28. The first-order chi connectivity index (χ1) is 7.84. The van der Waals surface area contributed by atoms with Gasteiger partial charge in [0.05, 0.1) is 24.1 Å². The van der Waals surface area contributed by atoms with Crippen molar-refractivity contribution in [2.75, 3.05) is 5.73 Å². The Bertz CT molecular complexity index is 487. The van der Waals surface area contributed by atoms with Crippen LogP contribution in [0.5, 0.6) is 0 Å². The van der Waals surface area contributed by atoms with Crippen LogP contribution in [0.25, 0.3) is 0 Å². The predicted molar refractivity (Wildman–Crippen MR) is 57.5 cm³/mol. The third-order valence-electron chi connectivity index (χ3n) is 2.69. The molecule has 3 rings (SSSR count). The Labute approximate surface area is 92.5 Å². The van der Waals surface area contributed by atoms with Gasteiger partial charge in [0.15, 0.2) is 5.82 Å². The molecule has 1 aliphatic rings. The van der Waals surface area contributed by atoms with Crippen LogP contribution in [-0.2, 0) is 6.54 Å². The van der Waals surface area contributed by atoms with Crippen LogP contribution in [0, 0.1) is 0 Å². The van der Waals surface area contributed by atoms with Crippen molar-refractivity contribution in [1.82, 2.24) is 25.0 Å². The fraction of sp³-hybridized carbons (Fsp3) is 0.400. The van der Waals surface area contributed by atoms with Crippen LogP contribution < -0.4 is 5.73 Å². The van der Waals surface area contributed by atoms with Crippen molar-refractivity contribution in [2.24, 2.45) is 0 Å². The van der Waals surface area contributed by atoms with Crippen molar-refractivity contribution in [1.29, 1.82) is 0 Å². The smallest absolute Gasteiger partial charge is 0.169 e. The lowest BCUT2D eigenvalue weighted by atomic mass is 10.3. The summed E-state index contributed by atoms with van der Waals surface area (Å²) in [5, 5.41) is 7.96. The number of nitrogens with two attached hydrogens (primary N) is 1. The molecule has 0 atom stereocenters. The highest BCUT2D eigenvalue weighted by Gasteiger charge is 2.30. The predicted octanol–water partition coefficient (Wildman–Crippen LogP) is 0.576. The van der Waals surface area contributed by atoms with Gasteiger partial charge in [0.1, 0.15) is 0 Å². The lowest BCUT2D eigenvalue weighted by Crippen LogP contribution is -2.08. The zero-order valence-electron chi connectivity index (χ0n) is 8.74. The molecule has 1 saturated carbocycles. The minimum Gasteiger partial charge on any atom is -0.381 e. The molecular weight excluding hydrogens is 204 g/mol. The molecular formula is C10H12N6. The normalized spacial score (nSPS) is 15.2. The maximum atomic E-state index is 5.81. The summed E-state index contributed by atoms with van der Waals surface area (Å²) in [5.74, 6) is 1.08. The van der Waals surface area contributed by atoms with Crippen LogP contribution in [0.2, 0.25) is 0 Å². The van der Waals surface area contributed by atoms with E-state index in [9.17, 15) is 0 Å². The maximum Gasteiger partial charge on any atom is 0.169 e. The summed E-state index contributed by atoms with van der Waals surface area (Å²) in [6.45, 7) is 0.587. The molecule has 2 aromatic heterocycles. The molecule has 0 bridgehead atoms. The molecule has 2 aromatic rings. The highest BCUT2D eigenvalue weighted by Crippen LogP contribution is 2.41. The van der Waals surface area contributed by atoms with Crippen LogP contribution in [0.4, 0.5) is 5.82 Å². The van der Waals surface area contributed by atoms with Gasteiger partial charge in [-0.05, 0) is 12.8 Å². The molecule has 0 unspecified atom stereocenters. The van der Waals surface area contributed by atoms with Gasteiger partial charge in [0.2, 0.25) is 0 Å². The van der Waals surface area contributed by atoms with Gasteiger partial charge in [-0.15, -0.1) is 5.10 Å². The van der Waals surface area contributed by atoms with Gasteiger partial charge in [0.25, 0.3) is 0 Å². The number of rotatable bonds is 3. The lowest BCUT2D eigenvalue weighted by Gasteiger charge is -2.04. The molecule has 0 radical (unpaired) electrons. The topological polar surface area (TPSA) is 82.5 Å². The van der Waals surface area contributed by atoms with E-state index >= 15 is 0 Å². The summed E-state index contributed by atoms with van der Waals surface area (Å²) in [6.07, 6.45) is 7.41. The van der Waals surface area contributed by atoms with Crippen molar-refractivity contribution in [3.8, 4) is 0 Å². The molecule has 82 valence electrons. The number of nitrogens with zero attached hydrogens (tertiary/aromatic N) is 5. The number of nitrogen functional groups attached to an aromatic ring is 1. The summed E-state index contributed by atoms with van der Waals surface area (Å²) in [5.41, 5.74) is 7.72. The van der Waals surface area contributed by atoms with Crippen molar-refractivity contribution >= 4 is 5.82 Å². The zero-order valence-corrected chi connectivity index (χ0v) is 8.74. The summed E-state index contributed by atoms with van der Waals surface area (Å²) in [7, 11) is 0. The fourth-order valence-corrected chi connectivity index (χ4v) is 1.79. The molecule has 2 N–H and O–H groups in total. The van der Waals surface area contributed by atoms with Gasteiger partial charge in [-0.3, -0.25) is 9.97 Å². The Morgan fingerprint density at radius 1 is 1.38 bits per heavy atom. The summed E-state index contributed by atoms with van der Waals surface area (Å²) >= 11 is 0. The second-order valence-electron chi connectivity index (χ2n) is 3.99. The number of hydrogen-bond acceptors (Lipinski definition) is 5. The maximum absolute atomic E-state index is 5.81. The monoisotopic (exact) mass is 216 g/mol. The van der Waals surface area contributed by atoms with Gasteiger partial charge in [-0.25, -0.2) is 4.68 Å². The van der Waals surface area contributed by atoms with Gasteiger partial charge < -0.3 is 5.73 Å². The third-order valence-corrected chi connectivity index (χ3v) is 2.69. The van der Waals surface area contributed by atoms with E-state index < -0.39 is 0 Å². The van der Waals surface area contributed by atoms with Crippen LogP contribution in [0.1, 0.15) is 30.1 Å². The average molecular weight is 216 g/mol. The molecule has 1 aliphatic carbocycles. The molecule has 16 heavy (non-hydrogen) atoms. The molecule has 1 fully saturated rings. The van der Waals surface area contributed by atoms with Gasteiger partial charge in [0, 0.05) is 18.3 Å². The number of anilines is 1. The van der Waals surface area contributed by atoms with Crippen LogP contribution >= 0.6 is 0 Å². The standard InChI is InChI=1S/C10H12N6/c11-10-9(7-1-2-7)16(15-14-10)6-8-5-12-3-4-13-8/h3-5,7H,1-2,6,11H2. The van der Waals surface area contributed by atoms with E-state index in [1.807, 2.05) is 4.68 Å². The van der Waals surface area contributed by atoms with Crippen molar-refractivity contribution < 1.29 is 0 Å². The van der Waals surface area contributed by atoms with E-state index in [2.05, 4.69) is 20.3 Å². The summed E-state index contributed by atoms with van der Waals surface area (Å²) in [6, 6.07) is 0. The summed E-state index contributed by atoms with van der Waals surface area (Å²) < 4.78 is 1.83. The first kappa shape index (κ1) is 9.26. The molecule has 0 aliphatic heterocycles. The minimum absolute atomic E-state index is 0.534. The van der Waals surface area contributed by atoms with Gasteiger partial charge >= 0.3 is 0 Å². The van der Waals surface area contributed by atoms with E-state index in [0.717, 1.165) is 11.4 Å². The Kier molecular flexibility index (Phi) is 2.05. The Morgan fingerprint density at radius 2 is 2.25 bits per heavy atom. The fourth-order valence-electron chi connectivity index (χ4n) is 1.79. The van der Waals surface area contributed by atoms with E-state index in [4.69, 9.17) is 5.73 Å². The first-order valence-electron chi connectivity index (χ1n) is 5.28. The number of hydrogen-bond donors (Lipinski definition) is 1. The molecule has 0 spiro atoms. The second kappa shape index (κ2) is 3.55. The molecule has 0 saturated heterocycles. The van der Waals surface area contributed by atoms with Crippen LogP contribution in [0.3, 0.4) is 0 Å². The Morgan fingerprint density at radius 3 is 2.94 bits per heavy atom. The van der Waals surface area contributed by atoms with Gasteiger partial charge in [-0.1, -0.05) is 5.21 Å². The largest absolute Gasteiger partial charge is 0.381 e. The van der Waals surface area contributed by atoms with Crippen LogP contribution in [0.15, 0.2) is 18.6 Å². The second-order valence-corrected chi connectivity index (χ2v) is 3.99. The van der Waals surface area contributed by atoms with E-state index in [-0.39, 0.29) is 0 Å². The van der Waals surface area contributed by atoms with E-state index in [1.165, 1.54) is 12.8 Å². The average Bonchev–Trinajstić information content (AvgIpc) is 3.07. The Balaban J connectivity index is 1.90. The Hall–Kier alpha value is -1.98. The quantitative estimate of drug-likeness (QED) is 0.811. The van der Waals surface area contributed by atoms with Crippen LogP contribution in [-0.4, -0.2) is 25.0 Å². The van der Waals surface area contributed by atoms with Crippen molar-refractivity contribution in [3.05, 3.63) is 30.0 Å². The minimum atomic E-state index is 0.534. The molecule has 6 heteroatoms. The van der Waals surface area contributed by atoms with E-state index in [0.29, 0.717) is 18.3 Å². The molecule has 0 aromatic carbocycles. The third kappa shape index (κ3) is 1.62.